The zero-order chi connectivity index (χ0) is 20.5. The second kappa shape index (κ2) is 7.58. The van der Waals surface area contributed by atoms with Crippen LogP contribution in [-0.4, -0.2) is 28.7 Å². The van der Waals surface area contributed by atoms with Crippen molar-refractivity contribution in [1.29, 1.82) is 0 Å². The molecule has 3 rings (SSSR count). The fraction of sp³-hybridized carbons (Fsp3) is 0.348. The maximum atomic E-state index is 12.1. The number of nitrogens with zero attached hydrogens (tertiary/aromatic N) is 3. The van der Waals surface area contributed by atoms with Gasteiger partial charge in [-0.1, -0.05) is 6.08 Å². The van der Waals surface area contributed by atoms with E-state index in [2.05, 4.69) is 80.2 Å². The molecule has 5 nitrogen and oxygen atoms in total. The minimum Gasteiger partial charge on any atom is -0.360 e. The van der Waals surface area contributed by atoms with Crippen molar-refractivity contribution in [2.45, 2.75) is 53.1 Å². The first kappa shape index (κ1) is 19.8. The number of carbonyl (C=O) groups excluding carboxylic acids is 1. The first-order valence-corrected chi connectivity index (χ1v) is 9.58. The average Bonchev–Trinajstić information content (AvgIpc) is 2.62. The molecule has 1 N–H and O–H groups in total. The maximum absolute atomic E-state index is 12.1. The molecule has 1 aromatic heterocycles. The lowest BCUT2D eigenvalue weighted by Gasteiger charge is -2.46. The Bertz CT molecular complexity index is 943. The van der Waals surface area contributed by atoms with Crippen LogP contribution in [0.2, 0.25) is 0 Å². The number of anilines is 1. The quantitative estimate of drug-likeness (QED) is 0.628. The molecule has 146 valence electrons. The molecular weight excluding hydrogens is 348 g/mol. The highest BCUT2D eigenvalue weighted by atomic mass is 16.2. The third-order valence-electron chi connectivity index (χ3n) is 5.07. The number of aromatic nitrogens is 1. The lowest BCUT2D eigenvalue weighted by Crippen LogP contribution is -2.49. The van der Waals surface area contributed by atoms with Crippen molar-refractivity contribution in [3.8, 4) is 0 Å². The van der Waals surface area contributed by atoms with Gasteiger partial charge in [0.2, 0.25) is 0 Å². The van der Waals surface area contributed by atoms with Gasteiger partial charge in [0.25, 0.3) is 5.91 Å². The van der Waals surface area contributed by atoms with Gasteiger partial charge in [0.1, 0.15) is 0 Å². The number of hydrogen-bond acceptors (Lipinski definition) is 4. The van der Waals surface area contributed by atoms with Gasteiger partial charge in [-0.3, -0.25) is 9.78 Å². The van der Waals surface area contributed by atoms with Crippen molar-refractivity contribution in [3.05, 3.63) is 65.0 Å². The molecule has 1 aromatic carbocycles. The highest BCUT2D eigenvalue weighted by Crippen LogP contribution is 2.41. The lowest BCUT2D eigenvalue weighted by molar-refractivity contribution is 0.0955. The van der Waals surface area contributed by atoms with E-state index in [4.69, 9.17) is 0 Å². The molecule has 1 aliphatic heterocycles. The van der Waals surface area contributed by atoms with E-state index in [1.54, 1.807) is 24.5 Å². The zero-order valence-corrected chi connectivity index (χ0v) is 17.4. The summed E-state index contributed by atoms with van der Waals surface area (Å²) in [5.41, 5.74) is 8.83. The van der Waals surface area contributed by atoms with Crippen molar-refractivity contribution in [2.24, 2.45) is 5.10 Å². The Morgan fingerprint density at radius 3 is 2.68 bits per heavy atom. The minimum absolute atomic E-state index is 0.0367. The molecule has 0 bridgehead atoms. The summed E-state index contributed by atoms with van der Waals surface area (Å²) < 4.78 is 0. The molecule has 0 radical (unpaired) electrons. The van der Waals surface area contributed by atoms with Crippen molar-refractivity contribution >= 4 is 23.4 Å². The topological polar surface area (TPSA) is 57.6 Å². The number of nitrogens with one attached hydrogen (secondary N) is 1. The molecule has 5 heteroatoms. The van der Waals surface area contributed by atoms with Crippen LogP contribution in [0.4, 0.5) is 5.69 Å². The van der Waals surface area contributed by atoms with E-state index in [0.29, 0.717) is 11.6 Å². The van der Waals surface area contributed by atoms with Crippen LogP contribution in [0, 0.1) is 6.92 Å². The Morgan fingerprint density at radius 2 is 2.04 bits per heavy atom. The van der Waals surface area contributed by atoms with Crippen LogP contribution in [0.15, 0.2) is 47.8 Å². The summed E-state index contributed by atoms with van der Waals surface area (Å²) in [5, 5.41) is 4.15. The normalized spacial score (nSPS) is 15.5. The number of benzene rings is 1. The molecule has 0 unspecified atom stereocenters. The van der Waals surface area contributed by atoms with Crippen LogP contribution >= 0.6 is 0 Å². The van der Waals surface area contributed by atoms with Crippen LogP contribution in [0.25, 0.3) is 5.57 Å². The van der Waals surface area contributed by atoms with Crippen LogP contribution in [0.1, 0.15) is 61.7 Å². The average molecular weight is 377 g/mol. The van der Waals surface area contributed by atoms with Gasteiger partial charge in [0, 0.05) is 29.7 Å². The molecule has 0 aliphatic carbocycles. The fourth-order valence-electron chi connectivity index (χ4n) is 4.02. The van der Waals surface area contributed by atoms with Gasteiger partial charge in [-0.25, -0.2) is 5.43 Å². The highest BCUT2D eigenvalue weighted by molar-refractivity contribution is 5.95. The predicted molar refractivity (Wildman–Crippen MR) is 116 cm³/mol. The van der Waals surface area contributed by atoms with Crippen molar-refractivity contribution in [3.63, 3.8) is 0 Å². The number of aryl methyl sites for hydroxylation is 1. The van der Waals surface area contributed by atoms with Gasteiger partial charge in [0.05, 0.1) is 17.3 Å². The Hall–Kier alpha value is -2.95. The molecule has 0 saturated carbocycles. The van der Waals surface area contributed by atoms with Crippen LogP contribution < -0.4 is 10.3 Å². The molecule has 1 amide bonds. The summed E-state index contributed by atoms with van der Waals surface area (Å²) in [6.07, 6.45) is 7.17. The van der Waals surface area contributed by atoms with Crippen molar-refractivity contribution < 1.29 is 4.79 Å². The molecule has 0 saturated heterocycles. The van der Waals surface area contributed by atoms with Gasteiger partial charge >= 0.3 is 0 Å². The van der Waals surface area contributed by atoms with Gasteiger partial charge in [0.15, 0.2) is 0 Å². The van der Waals surface area contributed by atoms with Crippen LogP contribution in [0.5, 0.6) is 0 Å². The summed E-state index contributed by atoms with van der Waals surface area (Å²) >= 11 is 0. The van der Waals surface area contributed by atoms with Gasteiger partial charge in [-0.05, 0) is 82.5 Å². The monoisotopic (exact) mass is 376 g/mol. The number of rotatable bonds is 4. The third-order valence-corrected chi connectivity index (χ3v) is 5.07. The molecule has 0 fully saturated rings. The van der Waals surface area contributed by atoms with Gasteiger partial charge in [-0.2, -0.15) is 5.10 Å². The first-order chi connectivity index (χ1) is 13.2. The van der Waals surface area contributed by atoms with Gasteiger partial charge in [-0.15, -0.1) is 0 Å². The Labute approximate surface area is 167 Å². The summed E-state index contributed by atoms with van der Waals surface area (Å²) in [6, 6.07) is 8.19. The van der Waals surface area contributed by atoms with Gasteiger partial charge < -0.3 is 4.90 Å². The smallest absolute Gasteiger partial charge is 0.272 e. The highest BCUT2D eigenvalue weighted by Gasteiger charge is 2.33. The minimum atomic E-state index is -0.274. The number of fused-ring (bicyclic) bond motifs is 1. The van der Waals surface area contributed by atoms with E-state index in [0.717, 1.165) is 11.1 Å². The first-order valence-electron chi connectivity index (χ1n) is 9.58. The molecule has 0 atom stereocenters. The number of carbonyl (C=O) groups is 1. The predicted octanol–water partition coefficient (Wildman–Crippen LogP) is 4.56. The summed E-state index contributed by atoms with van der Waals surface area (Å²) in [5.74, 6) is -0.274. The Balaban J connectivity index is 1.89. The van der Waals surface area contributed by atoms with E-state index in [1.807, 2.05) is 0 Å². The number of hydrogen-bond donors (Lipinski definition) is 1. The van der Waals surface area contributed by atoms with Crippen LogP contribution in [0.3, 0.4) is 0 Å². The Morgan fingerprint density at radius 1 is 1.29 bits per heavy atom. The van der Waals surface area contributed by atoms with Crippen LogP contribution in [-0.2, 0) is 0 Å². The SMILES string of the molecule is CC1=CC(C)(C)N(C(C)C)c2cc(C)c(/C=N/NC(=O)c3cccnc3)cc21. The number of pyridine rings is 1. The summed E-state index contributed by atoms with van der Waals surface area (Å²) in [7, 11) is 0. The molecule has 2 heterocycles. The summed E-state index contributed by atoms with van der Waals surface area (Å²) in [6.45, 7) is 13.2. The van der Waals surface area contributed by atoms with E-state index in [9.17, 15) is 4.79 Å². The van der Waals surface area contributed by atoms with E-state index < -0.39 is 0 Å². The largest absolute Gasteiger partial charge is 0.360 e. The lowest BCUT2D eigenvalue weighted by atomic mass is 9.86. The number of allylic oxidation sites excluding steroid dienone is 1. The molecule has 0 spiro atoms. The number of amides is 1. The second-order valence-corrected chi connectivity index (χ2v) is 8.11. The fourth-order valence-corrected chi connectivity index (χ4v) is 4.02. The van der Waals surface area contributed by atoms with Crippen molar-refractivity contribution in [2.75, 3.05) is 4.90 Å². The second-order valence-electron chi connectivity index (χ2n) is 8.11. The Kier molecular flexibility index (Phi) is 5.36. The van der Waals surface area contributed by atoms with E-state index in [-0.39, 0.29) is 11.4 Å². The number of hydrazone groups is 1. The summed E-state index contributed by atoms with van der Waals surface area (Å²) in [4.78, 5) is 18.5. The molecule has 2 aromatic rings. The van der Waals surface area contributed by atoms with E-state index in [1.165, 1.54) is 23.0 Å². The molecule has 28 heavy (non-hydrogen) atoms. The van der Waals surface area contributed by atoms with E-state index >= 15 is 0 Å². The molecular formula is C23H28N4O. The van der Waals surface area contributed by atoms with Crippen molar-refractivity contribution in [1.82, 2.24) is 10.4 Å². The third kappa shape index (κ3) is 3.84. The molecule has 1 aliphatic rings. The maximum Gasteiger partial charge on any atom is 0.272 e. The zero-order valence-electron chi connectivity index (χ0n) is 17.4. The standard InChI is InChI=1S/C23H28N4O/c1-15(2)27-21-10-16(3)19(11-20(21)17(4)12-23(27,5)6)14-25-26-22(28)18-8-7-9-24-13-18/h7-15H,1-6H3,(H,26,28)/b25-14+.